The van der Waals surface area contributed by atoms with E-state index in [4.69, 9.17) is 5.84 Å². The highest BCUT2D eigenvalue weighted by atomic mass is 32.2. The van der Waals surface area contributed by atoms with Crippen LogP contribution in [0.25, 0.3) is 0 Å². The van der Waals surface area contributed by atoms with Gasteiger partial charge in [0.2, 0.25) is 17.0 Å². The molecule has 1 saturated carbocycles. The first-order valence-electron chi connectivity index (χ1n) is 9.41. The van der Waals surface area contributed by atoms with E-state index in [0.717, 1.165) is 18.7 Å². The number of nitrogens with one attached hydrogen (secondary N) is 2. The van der Waals surface area contributed by atoms with Crippen molar-refractivity contribution in [2.45, 2.75) is 41.0 Å². The molecule has 4 rings (SSSR count). The second-order valence-corrected chi connectivity index (χ2v) is 9.93. The van der Waals surface area contributed by atoms with Crippen molar-refractivity contribution in [3.05, 3.63) is 48.5 Å². The van der Waals surface area contributed by atoms with Gasteiger partial charge >= 0.3 is 0 Å². The molecule has 1 unspecified atom stereocenters. The quantitative estimate of drug-likeness (QED) is 0.335. The average molecular weight is 461 g/mol. The van der Waals surface area contributed by atoms with E-state index >= 15 is 0 Å². The molecule has 0 radical (unpaired) electrons. The zero-order chi connectivity index (χ0) is 22.0. The number of nitrogens with zero attached hydrogens (tertiary/aromatic N) is 5. The van der Waals surface area contributed by atoms with Gasteiger partial charge < -0.3 is 11.2 Å². The second-order valence-electron chi connectivity index (χ2n) is 6.94. The van der Waals surface area contributed by atoms with Crippen LogP contribution in [0.1, 0.15) is 31.5 Å². The molecule has 13 heteroatoms. The van der Waals surface area contributed by atoms with Gasteiger partial charge in [-0.25, -0.2) is 27.8 Å². The van der Waals surface area contributed by atoms with Crippen LogP contribution in [0.5, 0.6) is 0 Å². The van der Waals surface area contributed by atoms with Gasteiger partial charge in [0.05, 0.1) is 10.1 Å². The number of hydrogen-bond donors (Lipinski definition) is 3. The minimum Gasteiger partial charge on any atom is -0.336 e. The summed E-state index contributed by atoms with van der Waals surface area (Å²) in [5.74, 6) is 6.82. The highest BCUT2D eigenvalue weighted by Gasteiger charge is 2.30. The van der Waals surface area contributed by atoms with Crippen molar-refractivity contribution in [3.63, 3.8) is 0 Å². The molecule has 1 aliphatic carbocycles. The van der Waals surface area contributed by atoms with Crippen LogP contribution < -0.4 is 15.9 Å². The topological polar surface area (TPSA) is 158 Å². The van der Waals surface area contributed by atoms with E-state index in [1.807, 2.05) is 0 Å². The minimum atomic E-state index is -3.84. The monoisotopic (exact) mass is 460 g/mol. The van der Waals surface area contributed by atoms with Crippen molar-refractivity contribution in [3.8, 4) is 0 Å². The number of carbonyl (C=O) groups excluding carboxylic acids is 1. The predicted molar refractivity (Wildman–Crippen MR) is 115 cm³/mol. The fraction of sp³-hybridized carbons (Fsp3) is 0.278. The molecule has 1 amide bonds. The third-order valence-electron chi connectivity index (χ3n) is 4.51. The summed E-state index contributed by atoms with van der Waals surface area (Å²) < 4.78 is 28.6. The Morgan fingerprint density at radius 3 is 2.52 bits per heavy atom. The number of rotatable bonds is 8. The van der Waals surface area contributed by atoms with Crippen molar-refractivity contribution >= 4 is 39.3 Å². The maximum Gasteiger partial charge on any atom is 0.264 e. The van der Waals surface area contributed by atoms with E-state index in [0.29, 0.717) is 16.8 Å². The Labute approximate surface area is 182 Å². The molecule has 2 heterocycles. The Hall–Kier alpha value is -3.19. The minimum absolute atomic E-state index is 0.0178. The zero-order valence-corrected chi connectivity index (χ0v) is 18.1. The van der Waals surface area contributed by atoms with Crippen molar-refractivity contribution in [2.75, 3.05) is 15.9 Å². The molecule has 0 spiro atoms. The van der Waals surface area contributed by atoms with Gasteiger partial charge in [-0.05, 0) is 50.1 Å². The zero-order valence-electron chi connectivity index (χ0n) is 16.5. The first-order chi connectivity index (χ1) is 14.8. The molecule has 162 valence electrons. The van der Waals surface area contributed by atoms with E-state index in [1.165, 1.54) is 53.1 Å². The van der Waals surface area contributed by atoms with Crippen LogP contribution in [0.2, 0.25) is 0 Å². The van der Waals surface area contributed by atoms with Crippen LogP contribution in [-0.2, 0) is 14.8 Å². The Morgan fingerprint density at radius 2 is 1.87 bits per heavy atom. The summed E-state index contributed by atoms with van der Waals surface area (Å²) in [7, 11) is -3.84. The largest absolute Gasteiger partial charge is 0.336 e. The van der Waals surface area contributed by atoms with Gasteiger partial charge in [-0.15, -0.1) is 10.2 Å². The molecule has 4 N–H and O–H groups in total. The lowest BCUT2D eigenvalue weighted by molar-refractivity contribution is -0.115. The first kappa shape index (κ1) is 21.1. The number of carbonyl (C=O) groups is 1. The summed E-state index contributed by atoms with van der Waals surface area (Å²) in [5, 5.41) is 10.9. The first-order valence-corrected chi connectivity index (χ1v) is 11.8. The lowest BCUT2D eigenvalue weighted by Gasteiger charge is -2.12. The van der Waals surface area contributed by atoms with Crippen molar-refractivity contribution in [2.24, 2.45) is 0 Å². The number of aromatic nitrogens is 5. The van der Waals surface area contributed by atoms with Crippen molar-refractivity contribution < 1.29 is 13.2 Å². The molecule has 1 aliphatic rings. The number of thioether (sulfide) groups is 1. The van der Waals surface area contributed by atoms with Gasteiger partial charge in [-0.2, -0.15) is 0 Å². The maximum absolute atomic E-state index is 12.5. The summed E-state index contributed by atoms with van der Waals surface area (Å²) >= 11 is 1.20. The van der Waals surface area contributed by atoms with Crippen molar-refractivity contribution in [1.29, 1.82) is 0 Å². The van der Waals surface area contributed by atoms with Crippen LogP contribution in [0.4, 0.5) is 11.6 Å². The van der Waals surface area contributed by atoms with E-state index in [-0.39, 0.29) is 16.8 Å². The number of nitrogens with two attached hydrogens (primary N) is 1. The molecule has 0 saturated heterocycles. The average Bonchev–Trinajstić information content (AvgIpc) is 3.53. The smallest absolute Gasteiger partial charge is 0.264 e. The molecular formula is C18H20N8O3S2. The molecule has 3 aromatic rings. The van der Waals surface area contributed by atoms with Crippen LogP contribution in [-0.4, -0.2) is 44.4 Å². The lowest BCUT2D eigenvalue weighted by Crippen LogP contribution is -2.24. The van der Waals surface area contributed by atoms with Crippen LogP contribution in [0.15, 0.2) is 52.8 Å². The number of amides is 1. The molecule has 1 fully saturated rings. The lowest BCUT2D eigenvalue weighted by atomic mass is 10.3. The highest BCUT2D eigenvalue weighted by Crippen LogP contribution is 2.39. The Morgan fingerprint density at radius 1 is 1.19 bits per heavy atom. The third-order valence-corrected chi connectivity index (χ3v) is 6.91. The normalized spacial score (nSPS) is 14.7. The molecular weight excluding hydrogens is 440 g/mol. The molecule has 1 atom stereocenters. The van der Waals surface area contributed by atoms with E-state index < -0.39 is 15.3 Å². The van der Waals surface area contributed by atoms with Crippen molar-refractivity contribution in [1.82, 2.24) is 24.8 Å². The fourth-order valence-electron chi connectivity index (χ4n) is 2.69. The van der Waals surface area contributed by atoms with Gasteiger partial charge in [-0.1, -0.05) is 11.8 Å². The number of sulfonamides is 1. The van der Waals surface area contributed by atoms with E-state index in [2.05, 4.69) is 30.2 Å². The summed E-state index contributed by atoms with van der Waals surface area (Å²) in [6.07, 6.45) is 4.97. The number of nitrogen functional groups attached to an aromatic ring is 1. The Bertz CT molecular complexity index is 1180. The molecule has 0 aliphatic heterocycles. The van der Waals surface area contributed by atoms with E-state index in [1.54, 1.807) is 13.0 Å². The maximum atomic E-state index is 12.5. The standard InChI is InChI=1S/C18H20N8O3S2/c1-11(30-18-24-23-15(26(18)19)12-3-4-12)16(27)22-13-5-7-14(8-6-13)31(28,29)25-17-20-9-2-10-21-17/h2,5-12H,3-4,19H2,1H3,(H,22,27)(H,20,21,25). The molecule has 2 aromatic heterocycles. The second kappa shape index (κ2) is 8.51. The molecule has 1 aromatic carbocycles. The van der Waals surface area contributed by atoms with Gasteiger partial charge in [0.25, 0.3) is 10.0 Å². The van der Waals surface area contributed by atoms with Gasteiger partial charge in [0, 0.05) is 24.0 Å². The predicted octanol–water partition coefficient (Wildman–Crippen LogP) is 1.58. The number of anilines is 2. The molecule has 0 bridgehead atoms. The van der Waals surface area contributed by atoms with Gasteiger partial charge in [0.15, 0.2) is 5.82 Å². The Balaban J connectivity index is 1.37. The van der Waals surface area contributed by atoms with Crippen LogP contribution in [0.3, 0.4) is 0 Å². The number of hydrogen-bond acceptors (Lipinski definition) is 9. The number of benzene rings is 1. The molecule has 11 nitrogen and oxygen atoms in total. The van der Waals surface area contributed by atoms with Gasteiger partial charge in [0.1, 0.15) is 0 Å². The molecule has 31 heavy (non-hydrogen) atoms. The summed E-state index contributed by atoms with van der Waals surface area (Å²) in [5.41, 5.74) is 0.459. The summed E-state index contributed by atoms with van der Waals surface area (Å²) in [6.45, 7) is 1.73. The van der Waals surface area contributed by atoms with Gasteiger partial charge in [-0.3, -0.25) is 4.79 Å². The highest BCUT2D eigenvalue weighted by molar-refractivity contribution is 8.00. The SMILES string of the molecule is CC(Sc1nnc(C2CC2)n1N)C(=O)Nc1ccc(S(=O)(=O)Nc2ncccn2)cc1. The van der Waals surface area contributed by atoms with Crippen LogP contribution in [0, 0.1) is 0 Å². The summed E-state index contributed by atoms with van der Waals surface area (Å²) in [6, 6.07) is 7.37. The fourth-order valence-corrected chi connectivity index (χ4v) is 4.43. The third kappa shape index (κ3) is 4.94. The summed E-state index contributed by atoms with van der Waals surface area (Å²) in [4.78, 5) is 20.2. The Kier molecular flexibility index (Phi) is 5.78. The van der Waals surface area contributed by atoms with E-state index in [9.17, 15) is 13.2 Å². The van der Waals surface area contributed by atoms with Crippen LogP contribution >= 0.6 is 11.8 Å².